The van der Waals surface area contributed by atoms with Crippen LogP contribution in [0.5, 0.6) is 0 Å². The van der Waals surface area contributed by atoms with E-state index in [-0.39, 0.29) is 64.6 Å². The van der Waals surface area contributed by atoms with Gasteiger partial charge in [0.1, 0.15) is 0 Å². The van der Waals surface area contributed by atoms with Crippen molar-refractivity contribution in [2.24, 2.45) is 0 Å². The maximum atomic E-state index is 8.09. The van der Waals surface area contributed by atoms with Gasteiger partial charge in [0.05, 0.1) is 26.4 Å². The second-order valence-corrected chi connectivity index (χ2v) is 1.06. The van der Waals surface area contributed by atoms with Gasteiger partial charge in [-0.25, -0.2) is 0 Å². The van der Waals surface area contributed by atoms with Crippen LogP contribution in [0.4, 0.5) is 0 Å². The average Bonchev–Trinajstić information content (AvgIpc) is 1.69. The fraction of sp³-hybridized carbons (Fsp3) is 1.00. The Bertz CT molecular complexity index is 30.5. The molecule has 0 aliphatic carbocycles. The van der Waals surface area contributed by atoms with E-state index in [0.29, 0.717) is 13.2 Å². The van der Waals surface area contributed by atoms with E-state index < -0.39 is 0 Å². The summed E-state index contributed by atoms with van der Waals surface area (Å²) >= 11 is 0. The summed E-state index contributed by atoms with van der Waals surface area (Å²) < 4.78 is 4.63. The van der Waals surface area contributed by atoms with Gasteiger partial charge in [-0.3, -0.25) is 0 Å². The van der Waals surface area contributed by atoms with Crippen LogP contribution in [0.3, 0.4) is 0 Å². The third kappa shape index (κ3) is 10.5. The van der Waals surface area contributed by atoms with Crippen LogP contribution in [0, 0.1) is 0 Å². The summed E-state index contributed by atoms with van der Waals surface area (Å²) in [4.78, 5) is 0. The molecule has 0 rings (SSSR count). The van der Waals surface area contributed by atoms with E-state index in [9.17, 15) is 0 Å². The Kier molecular flexibility index (Phi) is 17.3. The predicted octanol–water partition coefficient (Wildman–Crippen LogP) is -1.39. The first kappa shape index (κ1) is 12.2. The van der Waals surface area contributed by atoms with Gasteiger partial charge in [-0.2, -0.15) is 0 Å². The first-order chi connectivity index (χ1) is 3.41. The van der Waals surface area contributed by atoms with Gasteiger partial charge in [-0.05, 0) is 0 Å². The van der Waals surface area contributed by atoms with Crippen molar-refractivity contribution < 1.29 is 14.9 Å². The van der Waals surface area contributed by atoms with Gasteiger partial charge in [0.15, 0.2) is 0 Å². The minimum atomic E-state index is 0. The van der Waals surface area contributed by atoms with E-state index in [1.165, 1.54) is 0 Å². The summed E-state index contributed by atoms with van der Waals surface area (Å²) in [6.45, 7) is 0.696. The smallest absolute Gasteiger partial charge is 0.0698 e. The van der Waals surface area contributed by atoms with Crippen molar-refractivity contribution in [3.63, 3.8) is 0 Å². The average molecular weight is 145 g/mol. The molecule has 0 aliphatic rings. The number of rotatable bonds is 4. The monoisotopic (exact) mass is 145 g/mol. The number of hydrogen-bond donors (Lipinski definition) is 2. The molecule has 0 saturated carbocycles. The van der Waals surface area contributed by atoms with Crippen LogP contribution in [0.15, 0.2) is 0 Å². The van der Waals surface area contributed by atoms with E-state index in [1.54, 1.807) is 0 Å². The first-order valence-corrected chi connectivity index (χ1v) is 2.21. The van der Waals surface area contributed by atoms with E-state index in [4.69, 9.17) is 10.2 Å². The van der Waals surface area contributed by atoms with Crippen molar-refractivity contribution in [3.05, 3.63) is 0 Å². The molecule has 8 heavy (non-hydrogen) atoms. The van der Waals surface area contributed by atoms with Crippen LogP contribution in [-0.2, 0) is 4.74 Å². The molecule has 0 aliphatic heterocycles. The van der Waals surface area contributed by atoms with Crippen LogP contribution in [0.25, 0.3) is 0 Å². The molecular weight excluding hydrogens is 135 g/mol. The summed E-state index contributed by atoms with van der Waals surface area (Å²) in [7, 11) is 0. The molecule has 0 saturated heterocycles. The van der Waals surface area contributed by atoms with Crippen LogP contribution < -0.4 is 0 Å². The SMILES string of the molecule is OCCOCCO.[K]. The zero-order chi connectivity index (χ0) is 5.54. The summed E-state index contributed by atoms with van der Waals surface area (Å²) in [6, 6.07) is 0. The Morgan fingerprint density at radius 2 is 1.38 bits per heavy atom. The molecular formula is C4H10KO3. The predicted molar refractivity (Wildman–Crippen MR) is 30.7 cm³/mol. The molecule has 4 heteroatoms. The molecule has 0 fully saturated rings. The van der Waals surface area contributed by atoms with Gasteiger partial charge in [-0.1, -0.05) is 0 Å². The minimum absolute atomic E-state index is 0. The van der Waals surface area contributed by atoms with Gasteiger partial charge in [0.2, 0.25) is 0 Å². The third-order valence-electron chi connectivity index (χ3n) is 0.471. The molecule has 0 heterocycles. The van der Waals surface area contributed by atoms with Crippen LogP contribution >= 0.6 is 0 Å². The largest absolute Gasteiger partial charge is 0.394 e. The van der Waals surface area contributed by atoms with Gasteiger partial charge in [0.25, 0.3) is 0 Å². The topological polar surface area (TPSA) is 49.7 Å². The second-order valence-electron chi connectivity index (χ2n) is 1.06. The van der Waals surface area contributed by atoms with Crippen molar-refractivity contribution in [1.82, 2.24) is 0 Å². The van der Waals surface area contributed by atoms with Gasteiger partial charge >= 0.3 is 0 Å². The molecule has 2 N–H and O–H groups in total. The minimum Gasteiger partial charge on any atom is -0.394 e. The second kappa shape index (κ2) is 11.3. The molecule has 3 nitrogen and oxygen atoms in total. The molecule has 0 bridgehead atoms. The quantitative estimate of drug-likeness (QED) is 0.378. The van der Waals surface area contributed by atoms with Crippen molar-refractivity contribution in [1.29, 1.82) is 0 Å². The Labute approximate surface area is 91.5 Å². The van der Waals surface area contributed by atoms with Crippen molar-refractivity contribution >= 4 is 51.4 Å². The number of aliphatic hydroxyl groups is 2. The van der Waals surface area contributed by atoms with E-state index in [0.717, 1.165) is 0 Å². The fourth-order valence-electron chi connectivity index (χ4n) is 0.231. The summed E-state index contributed by atoms with van der Waals surface area (Å²) in [5, 5.41) is 16.2. The zero-order valence-corrected chi connectivity index (χ0v) is 8.25. The van der Waals surface area contributed by atoms with Crippen molar-refractivity contribution in [3.8, 4) is 0 Å². The fourth-order valence-corrected chi connectivity index (χ4v) is 0.231. The van der Waals surface area contributed by atoms with E-state index >= 15 is 0 Å². The number of ether oxygens (including phenoxy) is 1. The zero-order valence-electron chi connectivity index (χ0n) is 5.13. The molecule has 0 aromatic heterocycles. The Balaban J connectivity index is 0. The molecule has 0 unspecified atom stereocenters. The Hall–Kier alpha value is 1.52. The summed E-state index contributed by atoms with van der Waals surface area (Å²) in [6.07, 6.45) is 0. The summed E-state index contributed by atoms with van der Waals surface area (Å²) in [5.41, 5.74) is 0. The molecule has 0 aromatic carbocycles. The summed E-state index contributed by atoms with van der Waals surface area (Å²) in [5.74, 6) is 0. The molecule has 1 radical (unpaired) electrons. The van der Waals surface area contributed by atoms with E-state index in [1.807, 2.05) is 0 Å². The first-order valence-electron chi connectivity index (χ1n) is 2.21. The van der Waals surface area contributed by atoms with Crippen molar-refractivity contribution in [2.75, 3.05) is 26.4 Å². The van der Waals surface area contributed by atoms with Crippen LogP contribution in [0.1, 0.15) is 0 Å². The normalized spacial score (nSPS) is 8.25. The van der Waals surface area contributed by atoms with Gasteiger partial charge in [0, 0.05) is 51.4 Å². The van der Waals surface area contributed by atoms with Crippen LogP contribution in [-0.4, -0.2) is 88.0 Å². The van der Waals surface area contributed by atoms with Crippen LogP contribution in [0.2, 0.25) is 0 Å². The third-order valence-corrected chi connectivity index (χ3v) is 0.471. The molecule has 45 valence electrons. The molecule has 0 aromatic rings. The van der Waals surface area contributed by atoms with Gasteiger partial charge < -0.3 is 14.9 Å². The Morgan fingerprint density at radius 3 is 1.62 bits per heavy atom. The van der Waals surface area contributed by atoms with E-state index in [2.05, 4.69) is 4.74 Å². The van der Waals surface area contributed by atoms with Gasteiger partial charge in [-0.15, -0.1) is 0 Å². The standard InChI is InChI=1S/C4H10O3.K/c5-1-3-7-4-2-6;/h5-6H,1-4H2;. The Morgan fingerprint density at radius 1 is 1.00 bits per heavy atom. The number of aliphatic hydroxyl groups excluding tert-OH is 2. The molecule has 0 amide bonds. The maximum Gasteiger partial charge on any atom is 0.0698 e. The maximum absolute atomic E-state index is 8.09. The molecule has 0 spiro atoms. The number of hydrogen-bond acceptors (Lipinski definition) is 3. The van der Waals surface area contributed by atoms with Crippen molar-refractivity contribution in [2.45, 2.75) is 0 Å². The molecule has 0 atom stereocenters.